The molecular formula is C22H14F4N2O. The van der Waals surface area contributed by atoms with Gasteiger partial charge in [-0.3, -0.25) is 0 Å². The number of aromatic amines is 1. The molecule has 2 N–H and O–H groups in total. The van der Waals surface area contributed by atoms with Crippen LogP contribution >= 0.6 is 0 Å². The Bertz CT molecular complexity index is 1210. The third-order valence-corrected chi connectivity index (χ3v) is 4.42. The number of nitrogens with one attached hydrogen (secondary N) is 1. The number of phenols is 1. The van der Waals surface area contributed by atoms with E-state index in [9.17, 15) is 22.7 Å². The fourth-order valence-corrected chi connectivity index (χ4v) is 2.98. The molecule has 0 aliphatic carbocycles. The van der Waals surface area contributed by atoms with Crippen molar-refractivity contribution in [2.45, 2.75) is 6.18 Å². The van der Waals surface area contributed by atoms with E-state index in [0.717, 1.165) is 12.1 Å². The summed E-state index contributed by atoms with van der Waals surface area (Å²) in [4.78, 5) is 7.35. The minimum atomic E-state index is -4.38. The Hall–Kier alpha value is -3.61. The van der Waals surface area contributed by atoms with Gasteiger partial charge in [0.25, 0.3) is 0 Å². The van der Waals surface area contributed by atoms with Crippen molar-refractivity contribution in [3.63, 3.8) is 0 Å². The highest BCUT2D eigenvalue weighted by Crippen LogP contribution is 2.30. The van der Waals surface area contributed by atoms with Crippen molar-refractivity contribution >= 4 is 23.2 Å². The molecule has 0 bridgehead atoms. The van der Waals surface area contributed by atoms with Crippen LogP contribution in [0, 0.1) is 5.82 Å². The van der Waals surface area contributed by atoms with Crippen molar-refractivity contribution in [2.24, 2.45) is 0 Å². The summed E-state index contributed by atoms with van der Waals surface area (Å²) in [5.41, 5.74) is 1.70. The number of hydrogen-bond donors (Lipinski definition) is 2. The minimum Gasteiger partial charge on any atom is -0.508 e. The van der Waals surface area contributed by atoms with Crippen molar-refractivity contribution < 1.29 is 22.7 Å². The van der Waals surface area contributed by atoms with Gasteiger partial charge in [-0.25, -0.2) is 9.37 Å². The fraction of sp³-hybridized carbons (Fsp3) is 0.0455. The van der Waals surface area contributed by atoms with Crippen LogP contribution in [0.25, 0.3) is 34.3 Å². The number of halogens is 4. The second kappa shape index (κ2) is 7.09. The van der Waals surface area contributed by atoms with Gasteiger partial charge in [-0.15, -0.1) is 0 Å². The quantitative estimate of drug-likeness (QED) is 0.400. The van der Waals surface area contributed by atoms with Crippen molar-refractivity contribution in [2.75, 3.05) is 0 Å². The van der Waals surface area contributed by atoms with Gasteiger partial charge in [0, 0.05) is 11.6 Å². The van der Waals surface area contributed by atoms with Crippen LogP contribution in [0.4, 0.5) is 17.6 Å². The number of rotatable bonds is 3. The first-order valence-electron chi connectivity index (χ1n) is 8.63. The summed E-state index contributed by atoms with van der Waals surface area (Å²) in [5, 5.41) is 9.61. The molecular weight excluding hydrogens is 384 g/mol. The van der Waals surface area contributed by atoms with Crippen molar-refractivity contribution in [3.8, 4) is 16.9 Å². The smallest absolute Gasteiger partial charge is 0.416 e. The van der Waals surface area contributed by atoms with Crippen molar-refractivity contribution in [3.05, 3.63) is 83.4 Å². The lowest BCUT2D eigenvalue weighted by Gasteiger charge is -2.05. The highest BCUT2D eigenvalue weighted by molar-refractivity contribution is 5.84. The summed E-state index contributed by atoms with van der Waals surface area (Å²) in [6, 6.07) is 13.9. The Morgan fingerprint density at radius 2 is 1.69 bits per heavy atom. The molecule has 0 unspecified atom stereocenters. The van der Waals surface area contributed by atoms with E-state index >= 15 is 0 Å². The summed E-state index contributed by atoms with van der Waals surface area (Å²) in [5.74, 6) is 0.00145. The third kappa shape index (κ3) is 3.99. The average Bonchev–Trinajstić information content (AvgIpc) is 3.07. The Balaban J connectivity index is 1.63. The number of alkyl halides is 3. The van der Waals surface area contributed by atoms with Crippen LogP contribution in [-0.2, 0) is 6.18 Å². The van der Waals surface area contributed by atoms with E-state index in [1.54, 1.807) is 30.4 Å². The first kappa shape index (κ1) is 18.7. The number of phenolic OH excluding ortho intramolecular Hbond substituents is 1. The second-order valence-corrected chi connectivity index (χ2v) is 6.47. The largest absolute Gasteiger partial charge is 0.508 e. The van der Waals surface area contributed by atoms with Crippen molar-refractivity contribution in [1.29, 1.82) is 0 Å². The molecule has 0 saturated carbocycles. The molecule has 3 aromatic carbocycles. The van der Waals surface area contributed by atoms with E-state index in [1.807, 2.05) is 0 Å². The Kier molecular flexibility index (Phi) is 4.58. The topological polar surface area (TPSA) is 48.9 Å². The van der Waals surface area contributed by atoms with Gasteiger partial charge in [-0.05, 0) is 47.5 Å². The predicted molar refractivity (Wildman–Crippen MR) is 104 cm³/mol. The molecule has 0 aliphatic heterocycles. The molecule has 4 rings (SSSR count). The Morgan fingerprint density at radius 3 is 2.38 bits per heavy atom. The van der Waals surface area contributed by atoms with Crippen LogP contribution in [0.3, 0.4) is 0 Å². The highest BCUT2D eigenvalue weighted by atomic mass is 19.4. The molecule has 3 nitrogen and oxygen atoms in total. The summed E-state index contributed by atoms with van der Waals surface area (Å²) < 4.78 is 52.4. The summed E-state index contributed by atoms with van der Waals surface area (Å²) in [6.45, 7) is 0. The summed E-state index contributed by atoms with van der Waals surface area (Å²) in [6.07, 6.45) is -1.16. The first-order valence-corrected chi connectivity index (χ1v) is 8.63. The molecule has 1 heterocycles. The molecule has 0 atom stereocenters. The number of H-pyrrole nitrogens is 1. The molecule has 0 radical (unpaired) electrons. The second-order valence-electron chi connectivity index (χ2n) is 6.47. The molecule has 4 aromatic rings. The Morgan fingerprint density at radius 1 is 0.931 bits per heavy atom. The van der Waals surface area contributed by atoms with Gasteiger partial charge in [-0.2, -0.15) is 13.2 Å². The molecule has 7 heteroatoms. The van der Waals surface area contributed by atoms with Gasteiger partial charge in [0.15, 0.2) is 0 Å². The lowest BCUT2D eigenvalue weighted by molar-refractivity contribution is -0.137. The predicted octanol–water partition coefficient (Wildman–Crippen LogP) is 6.26. The van der Waals surface area contributed by atoms with Crippen LogP contribution < -0.4 is 0 Å². The van der Waals surface area contributed by atoms with Crippen LogP contribution in [0.1, 0.15) is 17.0 Å². The van der Waals surface area contributed by atoms with E-state index < -0.39 is 17.6 Å². The average molecular weight is 398 g/mol. The van der Waals surface area contributed by atoms with Crippen molar-refractivity contribution in [1.82, 2.24) is 9.97 Å². The lowest BCUT2D eigenvalue weighted by Crippen LogP contribution is -2.03. The maximum atomic E-state index is 14.5. The molecule has 0 saturated heterocycles. The molecule has 0 spiro atoms. The maximum absolute atomic E-state index is 14.5. The molecule has 0 aliphatic rings. The monoisotopic (exact) mass is 398 g/mol. The van der Waals surface area contributed by atoms with Gasteiger partial charge in [0.05, 0.1) is 16.6 Å². The summed E-state index contributed by atoms with van der Waals surface area (Å²) >= 11 is 0. The van der Waals surface area contributed by atoms with E-state index in [0.29, 0.717) is 33.5 Å². The number of aromatic hydroxyl groups is 1. The zero-order chi connectivity index (χ0) is 20.6. The number of hydrogen-bond acceptors (Lipinski definition) is 2. The molecule has 146 valence electrons. The summed E-state index contributed by atoms with van der Waals surface area (Å²) in [7, 11) is 0. The Labute approximate surface area is 163 Å². The van der Waals surface area contributed by atoms with Crippen LogP contribution in [0.2, 0.25) is 0 Å². The SMILES string of the molecule is Oc1cccc(-c2cc3nc(C=Cc4ccc(C(F)(F)F)cc4)[nH]c3cc2F)c1. The van der Waals surface area contributed by atoms with E-state index in [2.05, 4.69) is 9.97 Å². The number of benzene rings is 3. The number of imidazole rings is 1. The molecule has 0 amide bonds. The third-order valence-electron chi connectivity index (χ3n) is 4.42. The van der Waals surface area contributed by atoms with Gasteiger partial charge in [0.1, 0.15) is 17.4 Å². The van der Waals surface area contributed by atoms with Crippen LogP contribution in [0.15, 0.2) is 60.7 Å². The molecule has 29 heavy (non-hydrogen) atoms. The minimum absolute atomic E-state index is 0.0317. The normalized spacial score (nSPS) is 12.1. The van der Waals surface area contributed by atoms with E-state index in [-0.39, 0.29) is 5.75 Å². The highest BCUT2D eigenvalue weighted by Gasteiger charge is 2.29. The van der Waals surface area contributed by atoms with E-state index in [4.69, 9.17) is 0 Å². The number of aromatic nitrogens is 2. The number of nitrogens with zero attached hydrogens (tertiary/aromatic N) is 1. The molecule has 0 fully saturated rings. The van der Waals surface area contributed by atoms with Gasteiger partial charge >= 0.3 is 6.18 Å². The van der Waals surface area contributed by atoms with Gasteiger partial charge in [0.2, 0.25) is 0 Å². The standard InChI is InChI=1S/C22H14F4N2O/c23-18-12-20-19(11-17(18)14-2-1-3-16(29)10-14)27-21(28-20)9-6-13-4-7-15(8-5-13)22(24,25)26/h1-12,29H,(H,27,28). The molecule has 1 aromatic heterocycles. The first-order chi connectivity index (χ1) is 13.8. The lowest BCUT2D eigenvalue weighted by atomic mass is 10.0. The number of fused-ring (bicyclic) bond motifs is 1. The van der Waals surface area contributed by atoms with Gasteiger partial charge < -0.3 is 10.1 Å². The zero-order valence-corrected chi connectivity index (χ0v) is 14.8. The fourth-order valence-electron chi connectivity index (χ4n) is 2.98. The van der Waals surface area contributed by atoms with E-state index in [1.165, 1.54) is 30.3 Å². The van der Waals surface area contributed by atoms with Crippen LogP contribution in [0.5, 0.6) is 5.75 Å². The maximum Gasteiger partial charge on any atom is 0.416 e. The van der Waals surface area contributed by atoms with Crippen LogP contribution in [-0.4, -0.2) is 15.1 Å². The van der Waals surface area contributed by atoms with Gasteiger partial charge in [-0.1, -0.05) is 30.3 Å². The zero-order valence-electron chi connectivity index (χ0n) is 14.8.